The van der Waals surface area contributed by atoms with E-state index < -0.39 is 0 Å². The number of carbonyl (C=O) groups excluding carboxylic acids is 1. The lowest BCUT2D eigenvalue weighted by molar-refractivity contribution is 0.208. The number of nitrogens with zero attached hydrogens (tertiary/aromatic N) is 4. The quantitative estimate of drug-likeness (QED) is 0.886. The van der Waals surface area contributed by atoms with E-state index in [1.165, 1.54) is 0 Å². The van der Waals surface area contributed by atoms with Gasteiger partial charge in [0.15, 0.2) is 0 Å². The first-order valence-corrected chi connectivity index (χ1v) is 7.63. The molecule has 2 aromatic rings. The number of amides is 2. The van der Waals surface area contributed by atoms with Gasteiger partial charge in [-0.3, -0.25) is 10.00 Å². The van der Waals surface area contributed by atoms with Gasteiger partial charge in [-0.05, 0) is 19.1 Å². The maximum Gasteiger partial charge on any atom is 0.323 e. The fourth-order valence-electron chi connectivity index (χ4n) is 2.77. The summed E-state index contributed by atoms with van der Waals surface area (Å²) in [5.74, 6) is 0.956. The third-order valence-electron chi connectivity index (χ3n) is 4.00. The van der Waals surface area contributed by atoms with E-state index in [2.05, 4.69) is 15.3 Å². The summed E-state index contributed by atoms with van der Waals surface area (Å²) in [6, 6.07) is 8.93. The van der Waals surface area contributed by atoms with Crippen LogP contribution in [0.4, 0.5) is 16.3 Å². The molecule has 1 fully saturated rings. The van der Waals surface area contributed by atoms with Crippen molar-refractivity contribution in [3.05, 3.63) is 36.0 Å². The largest absolute Gasteiger partial charge is 0.508 e. The molecule has 0 bridgehead atoms. The minimum Gasteiger partial charge on any atom is -0.508 e. The first kappa shape index (κ1) is 15.2. The summed E-state index contributed by atoms with van der Waals surface area (Å²) in [5.41, 5.74) is 1.85. The molecule has 0 atom stereocenters. The van der Waals surface area contributed by atoms with E-state index in [1.807, 2.05) is 32.2 Å². The van der Waals surface area contributed by atoms with Crippen molar-refractivity contribution in [1.29, 1.82) is 0 Å². The summed E-state index contributed by atoms with van der Waals surface area (Å²) in [6.07, 6.45) is 0. The highest BCUT2D eigenvalue weighted by Gasteiger charge is 2.22. The van der Waals surface area contributed by atoms with Crippen molar-refractivity contribution in [2.45, 2.75) is 6.92 Å². The lowest BCUT2D eigenvalue weighted by atomic mass is 10.2. The molecule has 0 radical (unpaired) electrons. The second kappa shape index (κ2) is 6.20. The van der Waals surface area contributed by atoms with Gasteiger partial charge in [-0.2, -0.15) is 5.10 Å². The second-order valence-corrected chi connectivity index (χ2v) is 5.72. The van der Waals surface area contributed by atoms with Crippen LogP contribution in [0, 0.1) is 6.92 Å². The Balaban J connectivity index is 1.58. The molecule has 0 spiro atoms. The zero-order chi connectivity index (χ0) is 16.4. The molecule has 1 aromatic heterocycles. The van der Waals surface area contributed by atoms with Crippen LogP contribution in [0.15, 0.2) is 30.3 Å². The second-order valence-electron chi connectivity index (χ2n) is 5.72. The van der Waals surface area contributed by atoms with Gasteiger partial charge in [0, 0.05) is 51.0 Å². The van der Waals surface area contributed by atoms with Gasteiger partial charge >= 0.3 is 6.03 Å². The van der Waals surface area contributed by atoms with Gasteiger partial charge in [0.25, 0.3) is 0 Å². The number of rotatable bonds is 2. The van der Waals surface area contributed by atoms with Gasteiger partial charge in [-0.15, -0.1) is 0 Å². The van der Waals surface area contributed by atoms with Crippen molar-refractivity contribution in [3.8, 4) is 5.75 Å². The number of aromatic hydroxyl groups is 1. The average Bonchev–Trinajstić information content (AvgIpc) is 2.85. The molecule has 0 aliphatic carbocycles. The molecule has 2 heterocycles. The Labute approximate surface area is 135 Å². The summed E-state index contributed by atoms with van der Waals surface area (Å²) < 4.78 is 1.66. The molecule has 7 nitrogen and oxygen atoms in total. The predicted molar refractivity (Wildman–Crippen MR) is 88.9 cm³/mol. The Morgan fingerprint density at radius 3 is 2.57 bits per heavy atom. The number of aromatic nitrogens is 2. The van der Waals surface area contributed by atoms with Crippen molar-refractivity contribution in [2.24, 2.45) is 7.05 Å². The van der Waals surface area contributed by atoms with Crippen molar-refractivity contribution in [2.75, 3.05) is 36.4 Å². The van der Waals surface area contributed by atoms with Gasteiger partial charge in [-0.1, -0.05) is 6.07 Å². The first-order chi connectivity index (χ1) is 11.0. The molecule has 1 saturated heterocycles. The summed E-state index contributed by atoms with van der Waals surface area (Å²) >= 11 is 0. The van der Waals surface area contributed by atoms with Crippen molar-refractivity contribution >= 4 is 17.5 Å². The summed E-state index contributed by atoms with van der Waals surface area (Å²) in [5, 5.41) is 16.7. The maximum absolute atomic E-state index is 12.3. The highest BCUT2D eigenvalue weighted by Crippen LogP contribution is 2.21. The van der Waals surface area contributed by atoms with E-state index in [0.29, 0.717) is 18.9 Å². The number of hydrogen-bond acceptors (Lipinski definition) is 4. The number of anilines is 2. The number of nitrogens with one attached hydrogen (secondary N) is 1. The zero-order valence-corrected chi connectivity index (χ0v) is 13.4. The average molecular weight is 315 g/mol. The van der Waals surface area contributed by atoms with Crippen LogP contribution in [-0.2, 0) is 7.05 Å². The van der Waals surface area contributed by atoms with Crippen LogP contribution in [0.2, 0.25) is 0 Å². The number of aryl methyl sites for hydroxylation is 2. The van der Waals surface area contributed by atoms with E-state index in [0.717, 1.165) is 24.5 Å². The number of carbonyl (C=O) groups is 1. The molecular weight excluding hydrogens is 294 g/mol. The number of hydrogen-bond donors (Lipinski definition) is 2. The van der Waals surface area contributed by atoms with E-state index in [9.17, 15) is 9.90 Å². The third-order valence-corrected chi connectivity index (χ3v) is 4.00. The van der Waals surface area contributed by atoms with E-state index in [-0.39, 0.29) is 11.8 Å². The minimum atomic E-state index is -0.108. The third kappa shape index (κ3) is 3.39. The Morgan fingerprint density at radius 1 is 1.22 bits per heavy atom. The summed E-state index contributed by atoms with van der Waals surface area (Å²) in [4.78, 5) is 16.3. The zero-order valence-electron chi connectivity index (χ0n) is 13.4. The molecule has 122 valence electrons. The van der Waals surface area contributed by atoms with Gasteiger partial charge in [0.2, 0.25) is 0 Å². The van der Waals surface area contributed by atoms with E-state index >= 15 is 0 Å². The van der Waals surface area contributed by atoms with Crippen molar-refractivity contribution < 1.29 is 9.90 Å². The van der Waals surface area contributed by atoms with Crippen LogP contribution in [0.5, 0.6) is 5.75 Å². The SMILES string of the molecule is Cc1cc(NC(=O)N2CCN(c3cccc(O)c3)CC2)n(C)n1. The summed E-state index contributed by atoms with van der Waals surface area (Å²) in [7, 11) is 1.81. The van der Waals surface area contributed by atoms with Gasteiger partial charge in [0.1, 0.15) is 11.6 Å². The number of piperazine rings is 1. The Morgan fingerprint density at radius 2 is 1.96 bits per heavy atom. The lowest BCUT2D eigenvalue weighted by Crippen LogP contribution is -2.50. The molecule has 0 unspecified atom stereocenters. The van der Waals surface area contributed by atoms with Crippen LogP contribution in [0.3, 0.4) is 0 Å². The van der Waals surface area contributed by atoms with Gasteiger partial charge in [0.05, 0.1) is 5.69 Å². The maximum atomic E-state index is 12.3. The van der Waals surface area contributed by atoms with Gasteiger partial charge in [-0.25, -0.2) is 4.79 Å². The highest BCUT2D eigenvalue weighted by molar-refractivity contribution is 5.88. The van der Waals surface area contributed by atoms with Gasteiger partial charge < -0.3 is 14.9 Å². The van der Waals surface area contributed by atoms with Crippen LogP contribution in [0.25, 0.3) is 0 Å². The van der Waals surface area contributed by atoms with Crippen molar-refractivity contribution in [3.63, 3.8) is 0 Å². The smallest absolute Gasteiger partial charge is 0.323 e. The topological polar surface area (TPSA) is 73.6 Å². The normalized spacial score (nSPS) is 14.9. The predicted octanol–water partition coefficient (Wildman–Crippen LogP) is 1.79. The van der Waals surface area contributed by atoms with Crippen LogP contribution >= 0.6 is 0 Å². The number of phenolic OH excluding ortho intramolecular Hbond substituents is 1. The molecule has 3 rings (SSSR count). The molecule has 2 N–H and O–H groups in total. The van der Waals surface area contributed by atoms with Crippen LogP contribution < -0.4 is 10.2 Å². The molecule has 1 aromatic carbocycles. The molecule has 1 aliphatic heterocycles. The molecule has 2 amide bonds. The fraction of sp³-hybridized carbons (Fsp3) is 0.375. The monoisotopic (exact) mass is 315 g/mol. The van der Waals surface area contributed by atoms with Crippen LogP contribution in [0.1, 0.15) is 5.69 Å². The molecule has 7 heteroatoms. The number of phenols is 1. The Hall–Kier alpha value is -2.70. The number of urea groups is 1. The molecular formula is C16H21N5O2. The minimum absolute atomic E-state index is 0.108. The van der Waals surface area contributed by atoms with Crippen molar-refractivity contribution in [1.82, 2.24) is 14.7 Å². The first-order valence-electron chi connectivity index (χ1n) is 7.63. The molecule has 23 heavy (non-hydrogen) atoms. The van der Waals surface area contributed by atoms with E-state index in [1.54, 1.807) is 21.7 Å². The van der Waals surface area contributed by atoms with E-state index in [4.69, 9.17) is 0 Å². The Bertz CT molecular complexity index is 704. The molecule has 1 aliphatic rings. The standard InChI is InChI=1S/C16H21N5O2/c1-12-10-15(19(2)18-12)17-16(23)21-8-6-20(7-9-21)13-4-3-5-14(22)11-13/h3-5,10-11,22H,6-9H2,1-2H3,(H,17,23). The lowest BCUT2D eigenvalue weighted by Gasteiger charge is -2.36. The van der Waals surface area contributed by atoms with Crippen LogP contribution in [-0.4, -0.2) is 52.0 Å². The number of benzene rings is 1. The Kier molecular flexibility index (Phi) is 4.10. The highest BCUT2D eigenvalue weighted by atomic mass is 16.3. The molecule has 0 saturated carbocycles. The fourth-order valence-corrected chi connectivity index (χ4v) is 2.77. The summed E-state index contributed by atoms with van der Waals surface area (Å²) in [6.45, 7) is 4.64.